The number of rotatable bonds is 4. The molecule has 1 heterocycles. The van der Waals surface area contributed by atoms with E-state index in [1.807, 2.05) is 0 Å². The van der Waals surface area contributed by atoms with Gasteiger partial charge in [-0.3, -0.25) is 9.80 Å². The summed E-state index contributed by atoms with van der Waals surface area (Å²) in [5, 5.41) is 0. The first kappa shape index (κ1) is 13.1. The molecule has 0 spiro atoms. The van der Waals surface area contributed by atoms with Crippen LogP contribution in [0.25, 0.3) is 0 Å². The van der Waals surface area contributed by atoms with E-state index in [9.17, 15) is 0 Å². The van der Waals surface area contributed by atoms with Crippen LogP contribution in [0.2, 0.25) is 0 Å². The summed E-state index contributed by atoms with van der Waals surface area (Å²) in [6.07, 6.45) is 4.16. The maximum Gasteiger partial charge on any atom is 0.0191 e. The zero-order chi connectivity index (χ0) is 12.5. The summed E-state index contributed by atoms with van der Waals surface area (Å²) in [5.41, 5.74) is 1.79. The van der Waals surface area contributed by atoms with Gasteiger partial charge in [-0.25, -0.2) is 0 Å². The van der Waals surface area contributed by atoms with E-state index in [4.69, 9.17) is 0 Å². The maximum atomic E-state index is 4.24. The van der Waals surface area contributed by atoms with Crippen LogP contribution < -0.4 is 0 Å². The Labute approximate surface area is 107 Å². The van der Waals surface area contributed by atoms with E-state index in [1.165, 1.54) is 51.0 Å². The van der Waals surface area contributed by atoms with Gasteiger partial charge < -0.3 is 0 Å². The number of nitrogens with zero attached hydrogens (tertiary/aromatic N) is 2. The van der Waals surface area contributed by atoms with Crippen molar-refractivity contribution < 1.29 is 0 Å². The van der Waals surface area contributed by atoms with Crippen LogP contribution >= 0.6 is 0 Å². The molecule has 2 aliphatic rings. The summed E-state index contributed by atoms with van der Waals surface area (Å²) >= 11 is 0. The van der Waals surface area contributed by atoms with Gasteiger partial charge >= 0.3 is 0 Å². The van der Waals surface area contributed by atoms with E-state index >= 15 is 0 Å². The van der Waals surface area contributed by atoms with E-state index in [1.54, 1.807) is 0 Å². The Morgan fingerprint density at radius 3 is 2.18 bits per heavy atom. The molecule has 1 aliphatic carbocycles. The fourth-order valence-corrected chi connectivity index (χ4v) is 2.69. The van der Waals surface area contributed by atoms with Crippen molar-refractivity contribution in [3.8, 4) is 0 Å². The van der Waals surface area contributed by atoms with Gasteiger partial charge in [0.15, 0.2) is 0 Å². The van der Waals surface area contributed by atoms with Crippen molar-refractivity contribution in [3.05, 3.63) is 12.2 Å². The average molecular weight is 236 g/mol. The Bertz CT molecular complexity index is 265. The summed E-state index contributed by atoms with van der Waals surface area (Å²) in [7, 11) is 0. The van der Waals surface area contributed by atoms with E-state index in [-0.39, 0.29) is 0 Å². The molecule has 2 fully saturated rings. The molecule has 1 aliphatic heterocycles. The lowest BCUT2D eigenvalue weighted by Gasteiger charge is -2.42. The van der Waals surface area contributed by atoms with E-state index in [0.717, 1.165) is 12.5 Å². The second kappa shape index (κ2) is 5.11. The summed E-state index contributed by atoms with van der Waals surface area (Å²) in [6.45, 7) is 17.2. The molecule has 0 amide bonds. The van der Waals surface area contributed by atoms with Gasteiger partial charge in [0, 0.05) is 38.3 Å². The lowest BCUT2D eigenvalue weighted by atomic mass is 10.0. The lowest BCUT2D eigenvalue weighted by molar-refractivity contribution is 0.0661. The molecule has 1 saturated heterocycles. The van der Waals surface area contributed by atoms with Crippen molar-refractivity contribution in [2.45, 2.75) is 45.6 Å². The highest BCUT2D eigenvalue weighted by Gasteiger charge is 2.27. The van der Waals surface area contributed by atoms with Crippen molar-refractivity contribution in [1.29, 1.82) is 0 Å². The van der Waals surface area contributed by atoms with Gasteiger partial charge in [-0.2, -0.15) is 0 Å². The minimum atomic E-state index is 0.330. The van der Waals surface area contributed by atoms with Crippen molar-refractivity contribution in [3.63, 3.8) is 0 Å². The molecule has 0 bridgehead atoms. The van der Waals surface area contributed by atoms with Gasteiger partial charge in [0.25, 0.3) is 0 Å². The topological polar surface area (TPSA) is 6.48 Å². The van der Waals surface area contributed by atoms with E-state index < -0.39 is 0 Å². The molecule has 2 nitrogen and oxygen atoms in total. The first-order valence-electron chi connectivity index (χ1n) is 7.09. The van der Waals surface area contributed by atoms with Crippen LogP contribution in [-0.4, -0.2) is 48.1 Å². The van der Waals surface area contributed by atoms with Crippen molar-refractivity contribution in [2.24, 2.45) is 5.92 Å². The Morgan fingerprint density at radius 2 is 1.71 bits per heavy atom. The molecule has 0 radical (unpaired) electrons. The molecule has 2 rings (SSSR count). The third-order valence-electron chi connectivity index (χ3n) is 4.04. The van der Waals surface area contributed by atoms with Gasteiger partial charge in [-0.05, 0) is 46.0 Å². The summed E-state index contributed by atoms with van der Waals surface area (Å²) < 4.78 is 0. The minimum absolute atomic E-state index is 0.330. The molecule has 0 N–H and O–H groups in total. The fraction of sp³-hybridized carbons (Fsp3) is 0.867. The monoisotopic (exact) mass is 236 g/mol. The average Bonchev–Trinajstić information content (AvgIpc) is 3.01. The number of hydrogen-bond donors (Lipinski definition) is 0. The Morgan fingerprint density at radius 1 is 1.12 bits per heavy atom. The number of piperazine rings is 1. The van der Waals surface area contributed by atoms with Crippen LogP contribution in [0.15, 0.2) is 12.2 Å². The molecular formula is C15H28N2. The first-order valence-corrected chi connectivity index (χ1v) is 7.09. The third kappa shape index (κ3) is 4.11. The second-order valence-electron chi connectivity index (χ2n) is 6.83. The quantitative estimate of drug-likeness (QED) is 0.693. The van der Waals surface area contributed by atoms with Crippen LogP contribution in [0.5, 0.6) is 0 Å². The van der Waals surface area contributed by atoms with Gasteiger partial charge in [0.05, 0.1) is 0 Å². The predicted molar refractivity (Wildman–Crippen MR) is 74.2 cm³/mol. The first-order chi connectivity index (χ1) is 7.95. The van der Waals surface area contributed by atoms with E-state index in [2.05, 4.69) is 37.1 Å². The smallest absolute Gasteiger partial charge is 0.0191 e. The standard InChI is InChI=1S/C15H28N2/c1-13(11-14-5-6-14)12-16-7-9-17(10-8-16)15(2,3)4/h14H,1,5-12H2,2-4H3. The van der Waals surface area contributed by atoms with Crippen LogP contribution in [0.1, 0.15) is 40.0 Å². The van der Waals surface area contributed by atoms with Gasteiger partial charge in [0.1, 0.15) is 0 Å². The Kier molecular flexibility index (Phi) is 3.94. The summed E-state index contributed by atoms with van der Waals surface area (Å²) in [5.74, 6) is 0.985. The zero-order valence-electron chi connectivity index (χ0n) is 11.8. The summed E-state index contributed by atoms with van der Waals surface area (Å²) in [6, 6.07) is 0. The molecule has 2 heteroatoms. The van der Waals surface area contributed by atoms with Crippen LogP contribution in [-0.2, 0) is 0 Å². The largest absolute Gasteiger partial charge is 0.297 e. The highest BCUT2D eigenvalue weighted by molar-refractivity contribution is 5.02. The van der Waals surface area contributed by atoms with Crippen molar-refractivity contribution in [2.75, 3.05) is 32.7 Å². The van der Waals surface area contributed by atoms with Crippen LogP contribution in [0, 0.1) is 5.92 Å². The zero-order valence-corrected chi connectivity index (χ0v) is 11.8. The molecule has 0 aromatic heterocycles. The third-order valence-corrected chi connectivity index (χ3v) is 4.04. The molecule has 0 atom stereocenters. The molecule has 1 saturated carbocycles. The SMILES string of the molecule is C=C(CC1CC1)CN1CCN(C(C)(C)C)CC1. The number of hydrogen-bond acceptors (Lipinski definition) is 2. The Hall–Kier alpha value is -0.340. The molecule has 17 heavy (non-hydrogen) atoms. The second-order valence-corrected chi connectivity index (χ2v) is 6.83. The normalized spacial score (nSPS) is 23.9. The van der Waals surface area contributed by atoms with Crippen LogP contribution in [0.3, 0.4) is 0 Å². The summed E-state index contributed by atoms with van der Waals surface area (Å²) in [4.78, 5) is 5.17. The van der Waals surface area contributed by atoms with Crippen molar-refractivity contribution in [1.82, 2.24) is 9.80 Å². The predicted octanol–water partition coefficient (Wildman–Crippen LogP) is 2.76. The Balaban J connectivity index is 1.69. The molecule has 0 unspecified atom stereocenters. The van der Waals surface area contributed by atoms with Gasteiger partial charge in [-0.15, -0.1) is 0 Å². The van der Waals surface area contributed by atoms with Gasteiger partial charge in [-0.1, -0.05) is 12.2 Å². The van der Waals surface area contributed by atoms with Crippen LogP contribution in [0.4, 0.5) is 0 Å². The van der Waals surface area contributed by atoms with Crippen molar-refractivity contribution >= 4 is 0 Å². The molecule has 0 aromatic carbocycles. The highest BCUT2D eigenvalue weighted by Crippen LogP contribution is 2.34. The molecule has 98 valence electrons. The van der Waals surface area contributed by atoms with E-state index in [0.29, 0.717) is 5.54 Å². The fourth-order valence-electron chi connectivity index (χ4n) is 2.69. The van der Waals surface area contributed by atoms with Gasteiger partial charge in [0.2, 0.25) is 0 Å². The molecule has 0 aromatic rings. The molecular weight excluding hydrogens is 208 g/mol. The minimum Gasteiger partial charge on any atom is -0.297 e. The maximum absolute atomic E-state index is 4.24. The lowest BCUT2D eigenvalue weighted by Crippen LogP contribution is -2.53. The highest BCUT2D eigenvalue weighted by atomic mass is 15.3.